The molecule has 1 N–H and O–H groups in total. The fourth-order valence-electron chi connectivity index (χ4n) is 0.992. The van der Waals surface area contributed by atoms with Gasteiger partial charge in [-0.15, -0.1) is 0 Å². The lowest BCUT2D eigenvalue weighted by atomic mass is 10.4. The highest BCUT2D eigenvalue weighted by atomic mass is 16.4. The molecule has 0 spiro atoms. The Labute approximate surface area is 74.6 Å². The third-order valence-electron chi connectivity index (χ3n) is 1.61. The van der Waals surface area contributed by atoms with Gasteiger partial charge in [0.25, 0.3) is 0 Å². The number of aryl methyl sites for hydroxylation is 1. The van der Waals surface area contributed by atoms with Crippen LogP contribution < -0.4 is 0 Å². The average Bonchev–Trinajstić information content (AvgIpc) is 2.71. The van der Waals surface area contributed by atoms with Crippen LogP contribution in [-0.4, -0.2) is 19.9 Å². The largest absolute Gasteiger partial charge is 0.430 e. The molecular formula is C8H9N3O2. The minimum atomic E-state index is -0.121. The molecule has 0 aliphatic heterocycles. The number of aromatic nitrogens is 3. The van der Waals surface area contributed by atoms with Gasteiger partial charge in [0.05, 0.1) is 12.8 Å². The third kappa shape index (κ3) is 1.46. The Hall–Kier alpha value is -1.62. The predicted molar refractivity (Wildman–Crippen MR) is 44.3 cm³/mol. The summed E-state index contributed by atoms with van der Waals surface area (Å²) < 4.78 is 6.61. The van der Waals surface area contributed by atoms with Crippen LogP contribution in [-0.2, 0) is 6.61 Å². The smallest absolute Gasteiger partial charge is 0.322 e. The molecule has 0 amide bonds. The van der Waals surface area contributed by atoms with Gasteiger partial charge in [-0.2, -0.15) is 14.8 Å². The second-order valence-corrected chi connectivity index (χ2v) is 2.74. The van der Waals surface area contributed by atoms with Crippen molar-refractivity contribution in [1.29, 1.82) is 0 Å². The lowest BCUT2D eigenvalue weighted by molar-refractivity contribution is 0.276. The molecule has 68 valence electrons. The Morgan fingerprint density at radius 3 is 3.00 bits per heavy atom. The number of aliphatic hydroxyl groups excluding tert-OH is 1. The van der Waals surface area contributed by atoms with Crippen LogP contribution in [0.3, 0.4) is 0 Å². The van der Waals surface area contributed by atoms with E-state index in [2.05, 4.69) is 10.1 Å². The van der Waals surface area contributed by atoms with E-state index in [1.165, 1.54) is 10.9 Å². The van der Waals surface area contributed by atoms with E-state index in [9.17, 15) is 0 Å². The first-order valence-electron chi connectivity index (χ1n) is 3.86. The van der Waals surface area contributed by atoms with Gasteiger partial charge in [0, 0.05) is 6.20 Å². The standard InChI is InChI=1S/C8H9N3O2/c1-6-2-9-11(3-6)8-10-7(4-12)5-13-8/h2-3,5,12H,4H2,1H3. The lowest BCUT2D eigenvalue weighted by Gasteiger charge is -1.90. The molecular weight excluding hydrogens is 170 g/mol. The third-order valence-corrected chi connectivity index (χ3v) is 1.61. The zero-order valence-electron chi connectivity index (χ0n) is 7.14. The maximum Gasteiger partial charge on any atom is 0.322 e. The minimum Gasteiger partial charge on any atom is -0.430 e. The van der Waals surface area contributed by atoms with Crippen LogP contribution in [0.1, 0.15) is 11.3 Å². The SMILES string of the molecule is Cc1cnn(-c2nc(CO)co2)c1. The lowest BCUT2D eigenvalue weighted by Crippen LogP contribution is -1.94. The number of aliphatic hydroxyl groups is 1. The van der Waals surface area contributed by atoms with Crippen molar-refractivity contribution < 1.29 is 9.52 Å². The van der Waals surface area contributed by atoms with E-state index in [1.807, 2.05) is 6.92 Å². The van der Waals surface area contributed by atoms with Crippen LogP contribution in [0.4, 0.5) is 0 Å². The molecule has 0 aliphatic rings. The first-order valence-corrected chi connectivity index (χ1v) is 3.86. The van der Waals surface area contributed by atoms with Crippen molar-refractivity contribution in [1.82, 2.24) is 14.8 Å². The number of nitrogens with zero attached hydrogens (tertiary/aromatic N) is 3. The summed E-state index contributed by atoms with van der Waals surface area (Å²) >= 11 is 0. The van der Waals surface area contributed by atoms with Crippen LogP contribution in [0.15, 0.2) is 23.1 Å². The van der Waals surface area contributed by atoms with Crippen molar-refractivity contribution in [2.24, 2.45) is 0 Å². The fraction of sp³-hybridized carbons (Fsp3) is 0.250. The first-order chi connectivity index (χ1) is 6.29. The minimum absolute atomic E-state index is 0.121. The monoisotopic (exact) mass is 179 g/mol. The highest BCUT2D eigenvalue weighted by molar-refractivity contribution is 5.12. The Bertz CT molecular complexity index is 405. The summed E-state index contributed by atoms with van der Waals surface area (Å²) in [4.78, 5) is 4.00. The Balaban J connectivity index is 2.35. The Morgan fingerprint density at radius 2 is 2.46 bits per heavy atom. The molecule has 2 aromatic rings. The second kappa shape index (κ2) is 3.02. The van der Waals surface area contributed by atoms with Crippen molar-refractivity contribution in [2.75, 3.05) is 0 Å². The molecule has 0 atom stereocenters. The summed E-state index contributed by atoms with van der Waals surface area (Å²) in [5.41, 5.74) is 1.53. The van der Waals surface area contributed by atoms with Crippen molar-refractivity contribution >= 4 is 0 Å². The van der Waals surface area contributed by atoms with Gasteiger partial charge in [-0.3, -0.25) is 0 Å². The van der Waals surface area contributed by atoms with E-state index < -0.39 is 0 Å². The zero-order valence-corrected chi connectivity index (χ0v) is 7.14. The molecule has 0 bridgehead atoms. The summed E-state index contributed by atoms with van der Waals surface area (Å²) in [7, 11) is 0. The molecule has 0 saturated carbocycles. The fourth-order valence-corrected chi connectivity index (χ4v) is 0.992. The van der Waals surface area contributed by atoms with Crippen molar-refractivity contribution in [3.63, 3.8) is 0 Å². The summed E-state index contributed by atoms with van der Waals surface area (Å²) in [6, 6.07) is 0.372. The van der Waals surface area contributed by atoms with Crippen LogP contribution in [0, 0.1) is 6.92 Å². The molecule has 5 nitrogen and oxygen atoms in total. The van der Waals surface area contributed by atoms with E-state index in [4.69, 9.17) is 9.52 Å². The first kappa shape index (κ1) is 8.00. The van der Waals surface area contributed by atoms with Crippen molar-refractivity contribution in [3.05, 3.63) is 29.9 Å². The van der Waals surface area contributed by atoms with Crippen LogP contribution in [0.5, 0.6) is 0 Å². The second-order valence-electron chi connectivity index (χ2n) is 2.74. The van der Waals surface area contributed by atoms with Crippen LogP contribution >= 0.6 is 0 Å². The quantitative estimate of drug-likeness (QED) is 0.735. The Kier molecular flexibility index (Phi) is 1.86. The maximum atomic E-state index is 8.75. The summed E-state index contributed by atoms with van der Waals surface area (Å²) in [5.74, 6) is 0. The number of hydrogen-bond donors (Lipinski definition) is 1. The maximum absolute atomic E-state index is 8.75. The summed E-state index contributed by atoms with van der Waals surface area (Å²) in [5, 5.41) is 12.8. The molecule has 0 unspecified atom stereocenters. The number of oxazole rings is 1. The molecule has 5 heteroatoms. The Morgan fingerprint density at radius 1 is 1.62 bits per heavy atom. The van der Waals surface area contributed by atoms with Crippen molar-refractivity contribution in [2.45, 2.75) is 13.5 Å². The van der Waals surface area contributed by atoms with E-state index in [1.54, 1.807) is 12.4 Å². The predicted octanol–water partition coefficient (Wildman–Crippen LogP) is 0.661. The van der Waals surface area contributed by atoms with Gasteiger partial charge in [-0.05, 0) is 12.5 Å². The summed E-state index contributed by atoms with van der Waals surface area (Å²) in [6.07, 6.45) is 4.92. The molecule has 2 heterocycles. The molecule has 13 heavy (non-hydrogen) atoms. The van der Waals surface area contributed by atoms with Crippen LogP contribution in [0.2, 0.25) is 0 Å². The molecule has 0 aromatic carbocycles. The molecule has 2 aromatic heterocycles. The van der Waals surface area contributed by atoms with E-state index in [0.29, 0.717) is 11.7 Å². The average molecular weight is 179 g/mol. The van der Waals surface area contributed by atoms with Gasteiger partial charge < -0.3 is 9.52 Å². The molecule has 0 fully saturated rings. The van der Waals surface area contributed by atoms with Gasteiger partial charge in [-0.1, -0.05) is 0 Å². The topological polar surface area (TPSA) is 64.1 Å². The molecule has 0 aliphatic carbocycles. The van der Waals surface area contributed by atoms with Gasteiger partial charge in [0.1, 0.15) is 12.0 Å². The van der Waals surface area contributed by atoms with Gasteiger partial charge in [-0.25, -0.2) is 0 Å². The van der Waals surface area contributed by atoms with E-state index in [-0.39, 0.29) is 6.61 Å². The molecule has 2 rings (SSSR count). The molecule has 0 radical (unpaired) electrons. The number of rotatable bonds is 2. The van der Waals surface area contributed by atoms with E-state index >= 15 is 0 Å². The normalized spacial score (nSPS) is 10.6. The van der Waals surface area contributed by atoms with Gasteiger partial charge >= 0.3 is 6.01 Å². The van der Waals surface area contributed by atoms with Gasteiger partial charge in [0.2, 0.25) is 0 Å². The number of hydrogen-bond acceptors (Lipinski definition) is 4. The van der Waals surface area contributed by atoms with Crippen molar-refractivity contribution in [3.8, 4) is 6.01 Å². The highest BCUT2D eigenvalue weighted by Gasteiger charge is 2.05. The van der Waals surface area contributed by atoms with Crippen LogP contribution in [0.25, 0.3) is 6.01 Å². The summed E-state index contributed by atoms with van der Waals surface area (Å²) in [6.45, 7) is 1.81. The van der Waals surface area contributed by atoms with Gasteiger partial charge in [0.15, 0.2) is 0 Å². The zero-order chi connectivity index (χ0) is 9.26. The van der Waals surface area contributed by atoms with E-state index in [0.717, 1.165) is 5.56 Å². The highest BCUT2D eigenvalue weighted by Crippen LogP contribution is 2.07. The molecule has 0 saturated heterocycles.